The lowest BCUT2D eigenvalue weighted by Crippen LogP contribution is -1.88. The molecule has 5 aromatic rings. The van der Waals surface area contributed by atoms with Crippen molar-refractivity contribution in [1.29, 1.82) is 0 Å². The summed E-state index contributed by atoms with van der Waals surface area (Å²) in [6.07, 6.45) is 3.19. The van der Waals surface area contributed by atoms with Gasteiger partial charge >= 0.3 is 0 Å². The SMILES string of the molecule is COCc1cccc2[nH]c(-c3n[nH]c4ncc(-c5ccc(F)nc5)cc34)nc12. The van der Waals surface area contributed by atoms with Crippen LogP contribution in [0.1, 0.15) is 5.56 Å². The van der Waals surface area contributed by atoms with E-state index in [2.05, 4.69) is 25.1 Å². The molecule has 28 heavy (non-hydrogen) atoms. The van der Waals surface area contributed by atoms with Crippen LogP contribution in [0.2, 0.25) is 0 Å². The second kappa shape index (κ2) is 6.50. The fourth-order valence-electron chi connectivity index (χ4n) is 3.26. The molecule has 5 rings (SSSR count). The molecule has 0 amide bonds. The summed E-state index contributed by atoms with van der Waals surface area (Å²) in [5, 5.41) is 8.15. The topological polar surface area (TPSA) is 92.4 Å². The van der Waals surface area contributed by atoms with E-state index >= 15 is 0 Å². The molecule has 0 aliphatic carbocycles. The van der Waals surface area contributed by atoms with E-state index < -0.39 is 5.95 Å². The fourth-order valence-corrected chi connectivity index (χ4v) is 3.26. The van der Waals surface area contributed by atoms with Crippen LogP contribution in [-0.4, -0.2) is 37.2 Å². The highest BCUT2D eigenvalue weighted by atomic mass is 19.1. The average Bonchev–Trinajstić information content (AvgIpc) is 3.32. The number of aromatic amines is 2. The molecule has 2 N–H and O–H groups in total. The molecule has 0 radical (unpaired) electrons. The van der Waals surface area contributed by atoms with Crippen molar-refractivity contribution in [2.24, 2.45) is 0 Å². The first-order valence-corrected chi connectivity index (χ1v) is 8.66. The second-order valence-corrected chi connectivity index (χ2v) is 6.39. The number of aromatic nitrogens is 6. The standard InChI is InChI=1S/C20H15FN6O/c1-28-10-12-3-2-4-15-17(12)25-20(24-15)18-14-7-13(9-23-19(14)27-26-18)11-5-6-16(21)22-8-11/h2-9H,10H2,1H3,(H,24,25)(H,23,26,27). The molecule has 0 aliphatic heterocycles. The number of imidazole rings is 1. The largest absolute Gasteiger partial charge is 0.380 e. The normalized spacial score (nSPS) is 11.5. The molecule has 7 nitrogen and oxygen atoms in total. The summed E-state index contributed by atoms with van der Waals surface area (Å²) >= 11 is 0. The van der Waals surface area contributed by atoms with Gasteiger partial charge < -0.3 is 9.72 Å². The summed E-state index contributed by atoms with van der Waals surface area (Å²) in [5.41, 5.74) is 5.66. The van der Waals surface area contributed by atoms with Crippen LogP contribution >= 0.6 is 0 Å². The van der Waals surface area contributed by atoms with Crippen LogP contribution in [0.15, 0.2) is 48.8 Å². The first kappa shape index (κ1) is 16.5. The third-order valence-electron chi connectivity index (χ3n) is 4.60. The molecule has 4 aromatic heterocycles. The van der Waals surface area contributed by atoms with Crippen molar-refractivity contribution in [2.75, 3.05) is 7.11 Å². The highest BCUT2D eigenvalue weighted by molar-refractivity contribution is 5.93. The van der Waals surface area contributed by atoms with Crippen molar-refractivity contribution in [2.45, 2.75) is 6.61 Å². The highest BCUT2D eigenvalue weighted by Gasteiger charge is 2.15. The van der Waals surface area contributed by atoms with Gasteiger partial charge in [-0.2, -0.15) is 9.49 Å². The van der Waals surface area contributed by atoms with Crippen LogP contribution in [-0.2, 0) is 11.3 Å². The molecular weight excluding hydrogens is 359 g/mol. The van der Waals surface area contributed by atoms with Gasteiger partial charge in [-0.15, -0.1) is 0 Å². The predicted molar refractivity (Wildman–Crippen MR) is 103 cm³/mol. The van der Waals surface area contributed by atoms with Crippen molar-refractivity contribution in [1.82, 2.24) is 30.1 Å². The Hall–Kier alpha value is -3.65. The lowest BCUT2D eigenvalue weighted by molar-refractivity contribution is 0.186. The number of nitrogens with zero attached hydrogens (tertiary/aromatic N) is 4. The minimum Gasteiger partial charge on any atom is -0.380 e. The van der Waals surface area contributed by atoms with E-state index in [0.717, 1.165) is 33.1 Å². The third-order valence-corrected chi connectivity index (χ3v) is 4.60. The molecule has 4 heterocycles. The van der Waals surface area contributed by atoms with Crippen molar-refractivity contribution in [3.8, 4) is 22.6 Å². The predicted octanol–water partition coefficient (Wildman–Crippen LogP) is 3.85. The molecule has 0 fully saturated rings. The Balaban J connectivity index is 1.65. The van der Waals surface area contributed by atoms with E-state index in [-0.39, 0.29) is 0 Å². The van der Waals surface area contributed by atoms with Crippen LogP contribution in [0.5, 0.6) is 0 Å². The van der Waals surface area contributed by atoms with Crippen LogP contribution in [0.25, 0.3) is 44.7 Å². The molecule has 0 spiro atoms. The molecule has 138 valence electrons. The molecule has 0 bridgehead atoms. The summed E-state index contributed by atoms with van der Waals surface area (Å²) in [7, 11) is 1.66. The molecule has 1 aromatic carbocycles. The van der Waals surface area contributed by atoms with Gasteiger partial charge in [-0.05, 0) is 24.3 Å². The zero-order chi connectivity index (χ0) is 19.1. The van der Waals surface area contributed by atoms with E-state index in [9.17, 15) is 4.39 Å². The lowest BCUT2D eigenvalue weighted by Gasteiger charge is -2.01. The smallest absolute Gasteiger partial charge is 0.212 e. The van der Waals surface area contributed by atoms with Gasteiger partial charge in [0.25, 0.3) is 0 Å². The average molecular weight is 374 g/mol. The zero-order valence-electron chi connectivity index (χ0n) is 14.9. The fraction of sp³-hybridized carbons (Fsp3) is 0.100. The first-order chi connectivity index (χ1) is 13.7. The van der Waals surface area contributed by atoms with Gasteiger partial charge in [-0.3, -0.25) is 5.10 Å². The van der Waals surface area contributed by atoms with Crippen LogP contribution < -0.4 is 0 Å². The number of hydrogen-bond acceptors (Lipinski definition) is 5. The zero-order valence-corrected chi connectivity index (χ0v) is 14.9. The molecule has 0 atom stereocenters. The number of pyridine rings is 2. The number of para-hydroxylation sites is 1. The van der Waals surface area contributed by atoms with Crippen molar-refractivity contribution >= 4 is 22.1 Å². The van der Waals surface area contributed by atoms with E-state index in [1.165, 1.54) is 12.3 Å². The van der Waals surface area contributed by atoms with Gasteiger partial charge in [-0.1, -0.05) is 12.1 Å². The maximum absolute atomic E-state index is 13.1. The minimum absolute atomic E-state index is 0.478. The van der Waals surface area contributed by atoms with E-state index in [4.69, 9.17) is 9.72 Å². The number of fused-ring (bicyclic) bond motifs is 2. The van der Waals surface area contributed by atoms with Crippen LogP contribution in [0.3, 0.4) is 0 Å². The molecule has 0 unspecified atom stereocenters. The summed E-state index contributed by atoms with van der Waals surface area (Å²) in [6, 6.07) is 10.9. The highest BCUT2D eigenvalue weighted by Crippen LogP contribution is 2.29. The van der Waals surface area contributed by atoms with Crippen LogP contribution in [0, 0.1) is 5.95 Å². The summed E-state index contributed by atoms with van der Waals surface area (Å²) in [5.74, 6) is 0.122. The Morgan fingerprint density at radius 2 is 1.96 bits per heavy atom. The quantitative estimate of drug-likeness (QED) is 0.466. The summed E-state index contributed by atoms with van der Waals surface area (Å²) < 4.78 is 18.4. The molecule has 8 heteroatoms. The molecular formula is C20H15FN6O. The third kappa shape index (κ3) is 2.71. The Morgan fingerprint density at radius 1 is 1.07 bits per heavy atom. The van der Waals surface area contributed by atoms with Gasteiger partial charge in [0.15, 0.2) is 11.5 Å². The van der Waals surface area contributed by atoms with Gasteiger partial charge in [0.1, 0.15) is 5.69 Å². The first-order valence-electron chi connectivity index (χ1n) is 8.66. The van der Waals surface area contributed by atoms with Crippen LogP contribution in [0.4, 0.5) is 4.39 Å². The van der Waals surface area contributed by atoms with E-state index in [1.54, 1.807) is 19.4 Å². The number of rotatable bonds is 4. The Bertz CT molecular complexity index is 1290. The van der Waals surface area contributed by atoms with E-state index in [1.807, 2.05) is 24.3 Å². The van der Waals surface area contributed by atoms with Gasteiger partial charge in [0.2, 0.25) is 5.95 Å². The van der Waals surface area contributed by atoms with Gasteiger partial charge in [-0.25, -0.2) is 15.0 Å². The van der Waals surface area contributed by atoms with Gasteiger partial charge in [0, 0.05) is 36.2 Å². The monoisotopic (exact) mass is 374 g/mol. The Labute approximate surface area is 158 Å². The Kier molecular flexibility index (Phi) is 3.84. The Morgan fingerprint density at radius 3 is 2.79 bits per heavy atom. The number of halogens is 1. The van der Waals surface area contributed by atoms with Crippen molar-refractivity contribution in [3.05, 3.63) is 60.3 Å². The number of ether oxygens (including phenoxy) is 1. The maximum Gasteiger partial charge on any atom is 0.212 e. The summed E-state index contributed by atoms with van der Waals surface area (Å²) in [4.78, 5) is 16.2. The molecule has 0 aliphatic rings. The van der Waals surface area contributed by atoms with E-state index in [0.29, 0.717) is 23.8 Å². The maximum atomic E-state index is 13.1. The molecule has 0 saturated carbocycles. The minimum atomic E-state index is -0.518. The second-order valence-electron chi connectivity index (χ2n) is 6.39. The van der Waals surface area contributed by atoms with Crippen molar-refractivity contribution in [3.63, 3.8) is 0 Å². The molecule has 0 saturated heterocycles. The number of benzene rings is 1. The number of H-pyrrole nitrogens is 2. The van der Waals surface area contributed by atoms with Gasteiger partial charge in [0.05, 0.1) is 23.0 Å². The number of hydrogen-bond donors (Lipinski definition) is 2. The number of methoxy groups -OCH3 is 1. The van der Waals surface area contributed by atoms with Crippen molar-refractivity contribution < 1.29 is 9.13 Å². The number of nitrogens with one attached hydrogen (secondary N) is 2. The lowest BCUT2D eigenvalue weighted by atomic mass is 10.1. The summed E-state index contributed by atoms with van der Waals surface area (Å²) in [6.45, 7) is 0.478.